The Kier molecular flexibility index (Phi) is 8.74. The maximum Gasteiger partial charge on any atom is 0.527 e. The van der Waals surface area contributed by atoms with Crippen LogP contribution in [0.25, 0.3) is 11.3 Å². The number of anilines is 1. The third-order valence-electron chi connectivity index (χ3n) is 5.04. The quantitative estimate of drug-likeness (QED) is 0.216. The van der Waals surface area contributed by atoms with Gasteiger partial charge in [-0.2, -0.15) is 43.9 Å². The smallest absolute Gasteiger partial charge is 0.451 e. The first-order chi connectivity index (χ1) is 19.0. The lowest BCUT2D eigenvalue weighted by atomic mass is 10.1. The molecule has 0 aliphatic heterocycles. The minimum Gasteiger partial charge on any atom is -0.451 e. The average Bonchev–Trinajstić information content (AvgIpc) is 3.33. The zero-order valence-electron chi connectivity index (χ0n) is 19.7. The Hall–Kier alpha value is -3.32. The highest BCUT2D eigenvalue weighted by Crippen LogP contribution is 2.54. The molecule has 1 amide bonds. The summed E-state index contributed by atoms with van der Waals surface area (Å²) in [6, 6.07) is 10.6. The molecule has 1 heterocycles. The van der Waals surface area contributed by atoms with Gasteiger partial charge in [0.2, 0.25) is 0 Å². The van der Waals surface area contributed by atoms with Crippen LogP contribution in [0.15, 0.2) is 69.6 Å². The molecule has 0 saturated heterocycles. The van der Waals surface area contributed by atoms with Crippen molar-refractivity contribution in [1.82, 2.24) is 0 Å². The number of nitrogens with one attached hydrogen (secondary N) is 1. The molecule has 5 nitrogen and oxygen atoms in total. The summed E-state index contributed by atoms with van der Waals surface area (Å²) in [5.41, 5.74) is -2.17. The first kappa shape index (κ1) is 33.2. The van der Waals surface area contributed by atoms with E-state index in [1.54, 1.807) is 29.0 Å². The number of carbonyl (C=O) groups excluding carboxylic acids is 1. The van der Waals surface area contributed by atoms with Crippen molar-refractivity contribution in [3.8, 4) is 11.3 Å². The molecule has 0 radical (unpaired) electrons. The number of benzene rings is 2. The van der Waals surface area contributed by atoms with Crippen LogP contribution in [0.4, 0.5) is 62.8 Å². The van der Waals surface area contributed by atoms with Crippen molar-refractivity contribution in [3.05, 3.63) is 76.5 Å². The van der Waals surface area contributed by atoms with Crippen LogP contribution in [-0.2, 0) is 15.4 Å². The number of carbonyl (C=O) groups is 1. The van der Waals surface area contributed by atoms with E-state index in [1.807, 2.05) is 5.32 Å². The topological polar surface area (TPSA) is 60.7 Å². The Morgan fingerprint density at radius 1 is 0.714 bits per heavy atom. The van der Waals surface area contributed by atoms with E-state index in [9.17, 15) is 61.9 Å². The second-order valence-corrected chi connectivity index (χ2v) is 8.97. The van der Waals surface area contributed by atoms with Gasteiger partial charge >= 0.3 is 36.5 Å². The Morgan fingerprint density at radius 3 is 1.86 bits per heavy atom. The molecule has 0 unspecified atom stereocenters. The molecule has 0 aliphatic carbocycles. The van der Waals surface area contributed by atoms with Crippen LogP contribution >= 0.6 is 15.9 Å². The molecule has 0 spiro atoms. The van der Waals surface area contributed by atoms with Gasteiger partial charge in [0.15, 0.2) is 5.76 Å². The molecule has 2 aromatic carbocycles. The average molecular weight is 692 g/mol. The molecule has 0 bridgehead atoms. The van der Waals surface area contributed by atoms with Crippen LogP contribution in [-0.4, -0.2) is 36.5 Å². The van der Waals surface area contributed by atoms with Crippen molar-refractivity contribution in [1.29, 1.82) is 0 Å². The second kappa shape index (κ2) is 11.1. The number of rotatable bonds is 10. The monoisotopic (exact) mass is 691 g/mol. The Labute approximate surface area is 233 Å². The van der Waals surface area contributed by atoms with Crippen LogP contribution in [0.2, 0.25) is 0 Å². The number of hydrogen-bond acceptors (Lipinski definition) is 4. The molecule has 1 N–H and O–H groups in total. The second-order valence-electron chi connectivity index (χ2n) is 8.05. The van der Waals surface area contributed by atoms with E-state index in [0.717, 1.165) is 12.1 Å². The minimum absolute atomic E-state index is 0.0609. The van der Waals surface area contributed by atoms with Gasteiger partial charge in [0.1, 0.15) is 5.76 Å². The van der Waals surface area contributed by atoms with Crippen molar-refractivity contribution in [2.45, 2.75) is 36.5 Å². The van der Waals surface area contributed by atoms with E-state index in [0.29, 0.717) is 16.1 Å². The standard InChI is InChI=1S/C23H11BrF13NO4/c24-13-6-4-11(5-7-13)15-8-9-16(40-15)17(39)38-14-3-1-2-12(10-14)18(25,26)20(29,30)41-21(31,32)19(27,28)22(33,34)42-23(35,36)37/h1-10H,(H,38,39). The minimum atomic E-state index is -7.54. The van der Waals surface area contributed by atoms with Crippen molar-refractivity contribution < 1.29 is 75.8 Å². The van der Waals surface area contributed by atoms with E-state index in [2.05, 4.69) is 20.7 Å². The lowest BCUT2D eigenvalue weighted by molar-refractivity contribution is -0.535. The summed E-state index contributed by atoms with van der Waals surface area (Å²) in [5, 5.41) is 1.96. The number of ether oxygens (including phenoxy) is 2. The zero-order valence-corrected chi connectivity index (χ0v) is 21.3. The molecule has 0 saturated carbocycles. The van der Waals surface area contributed by atoms with Crippen LogP contribution in [0.3, 0.4) is 0 Å². The lowest BCUT2D eigenvalue weighted by Gasteiger charge is -2.35. The first-order valence-electron chi connectivity index (χ1n) is 10.6. The number of furan rings is 1. The van der Waals surface area contributed by atoms with Crippen molar-refractivity contribution >= 4 is 27.5 Å². The molecule has 42 heavy (non-hydrogen) atoms. The van der Waals surface area contributed by atoms with Gasteiger partial charge in [-0.25, -0.2) is 9.47 Å². The van der Waals surface area contributed by atoms with Gasteiger partial charge in [0, 0.05) is 21.3 Å². The summed E-state index contributed by atoms with van der Waals surface area (Å²) in [4.78, 5) is 12.4. The van der Waals surface area contributed by atoms with Gasteiger partial charge in [0.05, 0.1) is 0 Å². The summed E-state index contributed by atoms with van der Waals surface area (Å²) in [7, 11) is 0. The fourth-order valence-electron chi connectivity index (χ4n) is 3.05. The van der Waals surface area contributed by atoms with Crippen LogP contribution < -0.4 is 5.32 Å². The van der Waals surface area contributed by atoms with Crippen LogP contribution in [0, 0.1) is 0 Å². The summed E-state index contributed by atoms with van der Waals surface area (Å²) >= 11 is 3.21. The summed E-state index contributed by atoms with van der Waals surface area (Å²) in [6.45, 7) is 0. The molecule has 1 aromatic heterocycles. The number of halogens is 14. The Balaban J connectivity index is 1.81. The van der Waals surface area contributed by atoms with Gasteiger partial charge in [0.25, 0.3) is 5.91 Å². The molecule has 19 heteroatoms. The van der Waals surface area contributed by atoms with Gasteiger partial charge in [-0.15, -0.1) is 13.2 Å². The van der Waals surface area contributed by atoms with Gasteiger partial charge < -0.3 is 9.73 Å². The van der Waals surface area contributed by atoms with Crippen molar-refractivity contribution in [2.75, 3.05) is 5.32 Å². The maximum absolute atomic E-state index is 14.5. The van der Waals surface area contributed by atoms with Crippen LogP contribution in [0.1, 0.15) is 16.1 Å². The highest BCUT2D eigenvalue weighted by molar-refractivity contribution is 9.10. The molecule has 0 atom stereocenters. The Bertz CT molecular complexity index is 1420. The zero-order chi connectivity index (χ0) is 31.9. The third-order valence-corrected chi connectivity index (χ3v) is 5.57. The fraction of sp³-hybridized carbons (Fsp3) is 0.261. The highest BCUT2D eigenvalue weighted by atomic mass is 79.9. The molecule has 230 valence electrons. The van der Waals surface area contributed by atoms with Gasteiger partial charge in [-0.3, -0.25) is 4.79 Å². The van der Waals surface area contributed by atoms with Gasteiger partial charge in [-0.05, 0) is 36.4 Å². The largest absolute Gasteiger partial charge is 0.527 e. The van der Waals surface area contributed by atoms with Crippen LogP contribution in [0.5, 0.6) is 0 Å². The maximum atomic E-state index is 14.5. The normalized spacial score (nSPS) is 13.8. The lowest BCUT2D eigenvalue weighted by Crippen LogP contribution is -2.61. The predicted molar refractivity (Wildman–Crippen MR) is 118 cm³/mol. The molecule has 3 rings (SSSR count). The number of alkyl halides is 13. The predicted octanol–water partition coefficient (Wildman–Crippen LogP) is 9.02. The van der Waals surface area contributed by atoms with E-state index in [1.165, 1.54) is 6.07 Å². The highest BCUT2D eigenvalue weighted by Gasteiger charge is 2.80. The fourth-order valence-corrected chi connectivity index (χ4v) is 3.31. The summed E-state index contributed by atoms with van der Waals surface area (Å²) in [5.74, 6) is -14.9. The van der Waals surface area contributed by atoms with E-state index in [-0.39, 0.29) is 17.9 Å². The van der Waals surface area contributed by atoms with Gasteiger partial charge in [-0.1, -0.05) is 40.2 Å². The third kappa shape index (κ3) is 6.83. The number of hydrogen-bond donors (Lipinski definition) is 1. The molecule has 0 fully saturated rings. The SMILES string of the molecule is O=C(Nc1cccc(C(F)(F)C(F)(F)OC(F)(F)C(F)(F)C(F)(F)OC(F)(F)F)c1)c1ccc(-c2ccc(Br)cc2)o1. The van der Waals surface area contributed by atoms with Crippen molar-refractivity contribution in [3.63, 3.8) is 0 Å². The van der Waals surface area contributed by atoms with E-state index < -0.39 is 59.5 Å². The first-order valence-corrected chi connectivity index (χ1v) is 11.4. The molecular weight excluding hydrogens is 681 g/mol. The Morgan fingerprint density at radius 2 is 1.29 bits per heavy atom. The van der Waals surface area contributed by atoms with E-state index in [4.69, 9.17) is 4.42 Å². The summed E-state index contributed by atoms with van der Waals surface area (Å²) in [6.07, 6.45) is -28.0. The van der Waals surface area contributed by atoms with Crippen molar-refractivity contribution in [2.24, 2.45) is 0 Å². The molecule has 0 aliphatic rings. The van der Waals surface area contributed by atoms with E-state index >= 15 is 0 Å². The summed E-state index contributed by atoms with van der Waals surface area (Å²) < 4.78 is 183. The molecular formula is C23H11BrF13NO4. The number of amides is 1. The molecule has 3 aromatic rings.